The van der Waals surface area contributed by atoms with Crippen molar-refractivity contribution in [3.63, 3.8) is 0 Å². The maximum Gasteiger partial charge on any atom is 0.0898 e. The van der Waals surface area contributed by atoms with Crippen molar-refractivity contribution in [1.29, 1.82) is 0 Å². The molecule has 0 aromatic carbocycles. The molecule has 0 amide bonds. The van der Waals surface area contributed by atoms with Crippen molar-refractivity contribution in [1.82, 2.24) is 15.3 Å². The van der Waals surface area contributed by atoms with E-state index in [2.05, 4.69) is 39.7 Å². The third-order valence-electron chi connectivity index (χ3n) is 2.73. The normalized spacial score (nSPS) is 12.6. The monoisotopic (exact) mass is 247 g/mol. The van der Waals surface area contributed by atoms with Gasteiger partial charge < -0.3 is 5.32 Å². The lowest BCUT2D eigenvalue weighted by Gasteiger charge is -2.13. The van der Waals surface area contributed by atoms with Crippen molar-refractivity contribution < 1.29 is 0 Å². The van der Waals surface area contributed by atoms with E-state index < -0.39 is 0 Å². The number of nitrogens with one attached hydrogen (secondary N) is 1. The molecule has 0 aliphatic heterocycles. The Bertz CT molecular complexity index is 476. The van der Waals surface area contributed by atoms with E-state index in [9.17, 15) is 0 Å². The van der Waals surface area contributed by atoms with E-state index in [1.165, 1.54) is 5.56 Å². The molecular weight excluding hydrogens is 230 g/mol. The van der Waals surface area contributed by atoms with Crippen LogP contribution >= 0.6 is 11.3 Å². The van der Waals surface area contributed by atoms with E-state index >= 15 is 0 Å². The van der Waals surface area contributed by atoms with Crippen molar-refractivity contribution in [3.8, 4) is 0 Å². The maximum absolute atomic E-state index is 4.52. The Morgan fingerprint density at radius 3 is 2.71 bits per heavy atom. The molecule has 1 unspecified atom stereocenters. The molecule has 0 fully saturated rings. The minimum Gasteiger partial charge on any atom is -0.311 e. The molecule has 3 nitrogen and oxygen atoms in total. The zero-order chi connectivity index (χ0) is 12.3. The highest BCUT2D eigenvalue weighted by molar-refractivity contribution is 7.09. The molecule has 0 radical (unpaired) electrons. The van der Waals surface area contributed by atoms with Crippen molar-refractivity contribution in [3.05, 3.63) is 45.7 Å². The second-order valence-corrected chi connectivity index (χ2v) is 5.23. The number of hydrogen-bond acceptors (Lipinski definition) is 4. The summed E-state index contributed by atoms with van der Waals surface area (Å²) >= 11 is 1.69. The third-order valence-corrected chi connectivity index (χ3v) is 3.52. The zero-order valence-corrected chi connectivity index (χ0v) is 11.2. The largest absolute Gasteiger partial charge is 0.311 e. The molecule has 0 saturated heterocycles. The fourth-order valence-electron chi connectivity index (χ4n) is 1.72. The summed E-state index contributed by atoms with van der Waals surface area (Å²) in [6.07, 6.45) is 2.79. The quantitative estimate of drug-likeness (QED) is 0.902. The molecule has 2 heterocycles. The summed E-state index contributed by atoms with van der Waals surface area (Å²) in [6.45, 7) is 4.08. The van der Waals surface area contributed by atoms with Crippen LogP contribution in [0.5, 0.6) is 0 Å². The van der Waals surface area contributed by atoms with E-state index in [1.807, 2.05) is 20.2 Å². The van der Waals surface area contributed by atoms with Crippen LogP contribution in [0.25, 0.3) is 0 Å². The standard InChI is InChI=1S/C13H17N3S/c1-9-4-5-11(15-7-9)6-12(14-3)13-8-17-10(2)16-13/h4-5,7-8,12,14H,6H2,1-3H3. The Morgan fingerprint density at radius 2 is 2.18 bits per heavy atom. The molecule has 2 rings (SSSR count). The highest BCUT2D eigenvalue weighted by Crippen LogP contribution is 2.19. The van der Waals surface area contributed by atoms with Gasteiger partial charge in [0.15, 0.2) is 0 Å². The van der Waals surface area contributed by atoms with Gasteiger partial charge in [-0.25, -0.2) is 4.98 Å². The first kappa shape index (κ1) is 12.2. The Balaban J connectivity index is 2.12. The first-order valence-electron chi connectivity index (χ1n) is 5.70. The van der Waals surface area contributed by atoms with E-state index in [0.717, 1.165) is 22.8 Å². The summed E-state index contributed by atoms with van der Waals surface area (Å²) in [4.78, 5) is 8.96. The number of aryl methyl sites for hydroxylation is 2. The highest BCUT2D eigenvalue weighted by Gasteiger charge is 2.13. The molecule has 4 heteroatoms. The molecule has 0 spiro atoms. The van der Waals surface area contributed by atoms with Gasteiger partial charge in [0, 0.05) is 23.7 Å². The van der Waals surface area contributed by atoms with Gasteiger partial charge in [-0.1, -0.05) is 6.07 Å². The van der Waals surface area contributed by atoms with E-state index in [0.29, 0.717) is 0 Å². The fourth-order valence-corrected chi connectivity index (χ4v) is 2.39. The van der Waals surface area contributed by atoms with Crippen LogP contribution < -0.4 is 5.32 Å². The van der Waals surface area contributed by atoms with Crippen molar-refractivity contribution in [2.75, 3.05) is 7.05 Å². The zero-order valence-electron chi connectivity index (χ0n) is 10.4. The Labute approximate surface area is 106 Å². The second-order valence-electron chi connectivity index (χ2n) is 4.16. The van der Waals surface area contributed by atoms with Crippen LogP contribution in [0.4, 0.5) is 0 Å². The minimum absolute atomic E-state index is 0.246. The number of rotatable bonds is 4. The molecule has 0 aliphatic rings. The summed E-state index contributed by atoms with van der Waals surface area (Å²) in [5.74, 6) is 0. The summed E-state index contributed by atoms with van der Waals surface area (Å²) < 4.78 is 0. The van der Waals surface area contributed by atoms with Crippen LogP contribution in [0.15, 0.2) is 23.7 Å². The van der Waals surface area contributed by atoms with Gasteiger partial charge in [-0.3, -0.25) is 4.98 Å². The number of aromatic nitrogens is 2. The molecule has 17 heavy (non-hydrogen) atoms. The van der Waals surface area contributed by atoms with Crippen molar-refractivity contribution in [2.45, 2.75) is 26.3 Å². The average molecular weight is 247 g/mol. The molecular formula is C13H17N3S. The second kappa shape index (κ2) is 5.38. The summed E-state index contributed by atoms with van der Waals surface area (Å²) in [5.41, 5.74) is 3.40. The van der Waals surface area contributed by atoms with Gasteiger partial charge >= 0.3 is 0 Å². The molecule has 1 atom stereocenters. The molecule has 0 aliphatic carbocycles. The van der Waals surface area contributed by atoms with Crippen LogP contribution in [0.3, 0.4) is 0 Å². The van der Waals surface area contributed by atoms with Gasteiger partial charge in [-0.2, -0.15) is 0 Å². The fraction of sp³-hybridized carbons (Fsp3) is 0.385. The van der Waals surface area contributed by atoms with Gasteiger partial charge in [-0.15, -0.1) is 11.3 Å². The lowest BCUT2D eigenvalue weighted by atomic mass is 10.1. The lowest BCUT2D eigenvalue weighted by Crippen LogP contribution is -2.19. The van der Waals surface area contributed by atoms with E-state index in [4.69, 9.17) is 0 Å². The predicted molar refractivity (Wildman–Crippen MR) is 71.3 cm³/mol. The number of pyridine rings is 1. The number of thiazole rings is 1. The van der Waals surface area contributed by atoms with Gasteiger partial charge in [0.1, 0.15) is 0 Å². The Morgan fingerprint density at radius 1 is 1.35 bits per heavy atom. The molecule has 90 valence electrons. The van der Waals surface area contributed by atoms with Crippen molar-refractivity contribution >= 4 is 11.3 Å². The Kier molecular flexibility index (Phi) is 3.86. The van der Waals surface area contributed by atoms with Crippen LogP contribution in [0, 0.1) is 13.8 Å². The van der Waals surface area contributed by atoms with Gasteiger partial charge in [-0.05, 0) is 32.5 Å². The van der Waals surface area contributed by atoms with E-state index in [1.54, 1.807) is 11.3 Å². The molecule has 1 N–H and O–H groups in total. The smallest absolute Gasteiger partial charge is 0.0898 e. The Hall–Kier alpha value is -1.26. The number of hydrogen-bond donors (Lipinski definition) is 1. The molecule has 0 bridgehead atoms. The molecule has 2 aromatic rings. The predicted octanol–water partition coefficient (Wildman–Crippen LogP) is 2.66. The lowest BCUT2D eigenvalue weighted by molar-refractivity contribution is 0.571. The molecule has 2 aromatic heterocycles. The summed E-state index contributed by atoms with van der Waals surface area (Å²) in [7, 11) is 1.97. The average Bonchev–Trinajstić information content (AvgIpc) is 2.75. The summed E-state index contributed by atoms with van der Waals surface area (Å²) in [5, 5.41) is 6.52. The molecule has 0 saturated carbocycles. The maximum atomic E-state index is 4.52. The number of likely N-dealkylation sites (N-methyl/N-ethyl adjacent to an activating group) is 1. The van der Waals surface area contributed by atoms with Gasteiger partial charge in [0.25, 0.3) is 0 Å². The van der Waals surface area contributed by atoms with Crippen LogP contribution in [0.2, 0.25) is 0 Å². The van der Waals surface area contributed by atoms with Crippen LogP contribution in [0.1, 0.15) is 28.0 Å². The first-order chi connectivity index (χ1) is 8.19. The van der Waals surface area contributed by atoms with E-state index in [-0.39, 0.29) is 6.04 Å². The van der Waals surface area contributed by atoms with Crippen LogP contribution in [-0.2, 0) is 6.42 Å². The minimum atomic E-state index is 0.246. The summed E-state index contributed by atoms with van der Waals surface area (Å²) in [6, 6.07) is 4.43. The van der Waals surface area contributed by atoms with Gasteiger partial charge in [0.05, 0.1) is 16.7 Å². The third kappa shape index (κ3) is 3.11. The van der Waals surface area contributed by atoms with Crippen LogP contribution in [-0.4, -0.2) is 17.0 Å². The van der Waals surface area contributed by atoms with Gasteiger partial charge in [0.2, 0.25) is 0 Å². The topological polar surface area (TPSA) is 37.8 Å². The SMILES string of the molecule is CNC(Cc1ccc(C)cn1)c1csc(C)n1. The highest BCUT2D eigenvalue weighted by atomic mass is 32.1. The number of nitrogens with zero attached hydrogens (tertiary/aromatic N) is 2. The first-order valence-corrected chi connectivity index (χ1v) is 6.58. The van der Waals surface area contributed by atoms with Crippen molar-refractivity contribution in [2.24, 2.45) is 0 Å².